The van der Waals surface area contributed by atoms with E-state index in [1.54, 1.807) is 0 Å². The molecule has 0 aliphatic carbocycles. The normalized spacial score (nSPS) is 14.3. The van der Waals surface area contributed by atoms with E-state index in [0.717, 1.165) is 11.8 Å². The van der Waals surface area contributed by atoms with Gasteiger partial charge in [0, 0.05) is 0 Å². The second kappa shape index (κ2) is 16.4. The second-order valence-corrected chi connectivity index (χ2v) is 7.10. The van der Waals surface area contributed by atoms with Crippen molar-refractivity contribution in [2.75, 3.05) is 0 Å². The molecular weight excluding hydrogens is 252 g/mol. The van der Waals surface area contributed by atoms with Crippen molar-refractivity contribution in [3.05, 3.63) is 6.42 Å². The van der Waals surface area contributed by atoms with Crippen LogP contribution < -0.4 is 0 Å². The zero-order chi connectivity index (χ0) is 15.8. The van der Waals surface area contributed by atoms with E-state index < -0.39 is 0 Å². The van der Waals surface area contributed by atoms with Crippen LogP contribution in [0.3, 0.4) is 0 Å². The molecular formula is C21H43. The first-order valence-electron chi connectivity index (χ1n) is 10.1. The summed E-state index contributed by atoms with van der Waals surface area (Å²) in [6.07, 6.45) is 22.6. The largest absolute Gasteiger partial charge is 0.0654 e. The maximum Gasteiger partial charge on any atom is -0.0327 e. The lowest BCUT2D eigenvalue weighted by molar-refractivity contribution is 0.421. The molecule has 0 N–H and O–H groups in total. The Labute approximate surface area is 136 Å². The standard InChI is InChI=1S/C21H43/c1-5-8-10-12-14-16-18-21(7-3)19-20(4)17-15-13-11-9-6-2/h19-21H,5-18H2,1-4H3. The summed E-state index contributed by atoms with van der Waals surface area (Å²) in [6, 6.07) is 0. The minimum Gasteiger partial charge on any atom is -0.0654 e. The minimum atomic E-state index is 0.830. The van der Waals surface area contributed by atoms with Crippen molar-refractivity contribution in [3.63, 3.8) is 0 Å². The zero-order valence-electron chi connectivity index (χ0n) is 15.6. The van der Waals surface area contributed by atoms with Crippen LogP contribution >= 0.6 is 0 Å². The average Bonchev–Trinajstić information content (AvgIpc) is 2.49. The first-order chi connectivity index (χ1) is 10.2. The van der Waals surface area contributed by atoms with Gasteiger partial charge >= 0.3 is 0 Å². The summed E-state index contributed by atoms with van der Waals surface area (Å²) in [4.78, 5) is 0. The van der Waals surface area contributed by atoms with E-state index in [1.165, 1.54) is 89.9 Å². The lowest BCUT2D eigenvalue weighted by Gasteiger charge is -2.19. The highest BCUT2D eigenvalue weighted by Gasteiger charge is 2.11. The van der Waals surface area contributed by atoms with Crippen molar-refractivity contribution in [2.24, 2.45) is 11.8 Å². The number of hydrogen-bond acceptors (Lipinski definition) is 0. The number of hydrogen-bond donors (Lipinski definition) is 0. The third-order valence-corrected chi connectivity index (χ3v) is 4.82. The molecule has 0 heterocycles. The molecule has 0 saturated carbocycles. The molecule has 0 aliphatic heterocycles. The predicted octanol–water partition coefficient (Wildman–Crippen LogP) is 7.96. The Morgan fingerprint density at radius 2 is 1.10 bits per heavy atom. The Hall–Kier alpha value is 0. The Morgan fingerprint density at radius 1 is 0.619 bits per heavy atom. The smallest absolute Gasteiger partial charge is 0.0327 e. The summed E-state index contributed by atoms with van der Waals surface area (Å²) in [5, 5.41) is 0. The van der Waals surface area contributed by atoms with Crippen molar-refractivity contribution in [3.8, 4) is 0 Å². The zero-order valence-corrected chi connectivity index (χ0v) is 15.6. The van der Waals surface area contributed by atoms with Gasteiger partial charge in [0.25, 0.3) is 0 Å². The molecule has 0 heteroatoms. The second-order valence-electron chi connectivity index (χ2n) is 7.10. The van der Waals surface area contributed by atoms with Crippen molar-refractivity contribution in [1.82, 2.24) is 0 Å². The Kier molecular flexibility index (Phi) is 16.4. The third kappa shape index (κ3) is 14.7. The highest BCUT2D eigenvalue weighted by atomic mass is 14.2. The summed E-state index contributed by atoms with van der Waals surface area (Å²) in [6.45, 7) is 9.40. The summed E-state index contributed by atoms with van der Waals surface area (Å²) in [7, 11) is 0. The topological polar surface area (TPSA) is 0 Å². The van der Waals surface area contributed by atoms with Gasteiger partial charge in [0.2, 0.25) is 0 Å². The molecule has 0 aliphatic rings. The highest BCUT2D eigenvalue weighted by Crippen LogP contribution is 2.24. The van der Waals surface area contributed by atoms with Crippen LogP contribution in [0.15, 0.2) is 0 Å². The molecule has 0 amide bonds. The third-order valence-electron chi connectivity index (χ3n) is 4.82. The molecule has 0 aromatic carbocycles. The molecule has 127 valence electrons. The molecule has 0 saturated heterocycles. The van der Waals surface area contributed by atoms with Gasteiger partial charge < -0.3 is 0 Å². The van der Waals surface area contributed by atoms with Crippen LogP contribution in [0.5, 0.6) is 0 Å². The van der Waals surface area contributed by atoms with Crippen molar-refractivity contribution >= 4 is 0 Å². The first-order valence-corrected chi connectivity index (χ1v) is 10.1. The minimum absolute atomic E-state index is 0.830. The van der Waals surface area contributed by atoms with Gasteiger partial charge in [-0.2, -0.15) is 0 Å². The van der Waals surface area contributed by atoms with Gasteiger partial charge in [-0.05, 0) is 18.3 Å². The van der Waals surface area contributed by atoms with E-state index in [0.29, 0.717) is 0 Å². The van der Waals surface area contributed by atoms with E-state index in [9.17, 15) is 0 Å². The highest BCUT2D eigenvalue weighted by molar-refractivity contribution is 4.80. The van der Waals surface area contributed by atoms with Crippen LogP contribution in [0.2, 0.25) is 0 Å². The summed E-state index contributed by atoms with van der Waals surface area (Å²) in [5.41, 5.74) is 0. The fourth-order valence-corrected chi connectivity index (χ4v) is 3.25. The van der Waals surface area contributed by atoms with E-state index in [1.807, 2.05) is 0 Å². The molecule has 2 unspecified atom stereocenters. The van der Waals surface area contributed by atoms with Crippen molar-refractivity contribution in [1.29, 1.82) is 0 Å². The summed E-state index contributed by atoms with van der Waals surface area (Å²) >= 11 is 0. The molecule has 0 aromatic heterocycles. The van der Waals surface area contributed by atoms with Gasteiger partial charge in [-0.25, -0.2) is 0 Å². The van der Waals surface area contributed by atoms with E-state index >= 15 is 0 Å². The first kappa shape index (κ1) is 21.0. The van der Waals surface area contributed by atoms with E-state index in [4.69, 9.17) is 0 Å². The Bertz CT molecular complexity index is 184. The predicted molar refractivity (Wildman–Crippen MR) is 98.6 cm³/mol. The fraction of sp³-hybridized carbons (Fsp3) is 0.952. The lowest BCUT2D eigenvalue weighted by atomic mass is 9.86. The van der Waals surface area contributed by atoms with Crippen LogP contribution in [-0.2, 0) is 0 Å². The van der Waals surface area contributed by atoms with Crippen LogP contribution in [0.1, 0.15) is 118 Å². The summed E-state index contributed by atoms with van der Waals surface area (Å²) < 4.78 is 0. The van der Waals surface area contributed by atoms with Crippen LogP contribution in [-0.4, -0.2) is 0 Å². The Balaban J connectivity index is 3.53. The van der Waals surface area contributed by atoms with Crippen LogP contribution in [0.25, 0.3) is 0 Å². The molecule has 0 spiro atoms. The molecule has 21 heavy (non-hydrogen) atoms. The quantitative estimate of drug-likeness (QED) is 0.253. The van der Waals surface area contributed by atoms with E-state index in [2.05, 4.69) is 34.1 Å². The molecule has 0 fully saturated rings. The molecule has 0 bridgehead atoms. The molecule has 1 radical (unpaired) electrons. The maximum absolute atomic E-state index is 2.67. The number of unbranched alkanes of at least 4 members (excludes halogenated alkanes) is 9. The van der Waals surface area contributed by atoms with Crippen molar-refractivity contribution in [2.45, 2.75) is 118 Å². The molecule has 0 aromatic rings. The fourth-order valence-electron chi connectivity index (χ4n) is 3.25. The van der Waals surface area contributed by atoms with Gasteiger partial charge in [0.1, 0.15) is 0 Å². The summed E-state index contributed by atoms with van der Waals surface area (Å²) in [5.74, 6) is 1.71. The molecule has 2 atom stereocenters. The van der Waals surface area contributed by atoms with Gasteiger partial charge in [-0.3, -0.25) is 0 Å². The average molecular weight is 296 g/mol. The van der Waals surface area contributed by atoms with Crippen LogP contribution in [0.4, 0.5) is 0 Å². The van der Waals surface area contributed by atoms with Crippen molar-refractivity contribution < 1.29 is 0 Å². The maximum atomic E-state index is 2.67. The van der Waals surface area contributed by atoms with Gasteiger partial charge in [0.05, 0.1) is 0 Å². The molecule has 0 rings (SSSR count). The number of rotatable bonds is 16. The lowest BCUT2D eigenvalue weighted by Crippen LogP contribution is -2.07. The SMILES string of the molecule is CCCCCCCCC([CH]C(C)CCCCCCC)CC. The van der Waals surface area contributed by atoms with Gasteiger partial charge in [-0.1, -0.05) is 118 Å². The Morgan fingerprint density at radius 3 is 1.62 bits per heavy atom. The van der Waals surface area contributed by atoms with Crippen LogP contribution in [0, 0.1) is 18.3 Å². The van der Waals surface area contributed by atoms with Gasteiger partial charge in [0.15, 0.2) is 0 Å². The van der Waals surface area contributed by atoms with E-state index in [-0.39, 0.29) is 0 Å². The monoisotopic (exact) mass is 295 g/mol. The van der Waals surface area contributed by atoms with Gasteiger partial charge in [-0.15, -0.1) is 0 Å². The molecule has 0 nitrogen and oxygen atoms in total.